The van der Waals surface area contributed by atoms with Crippen LogP contribution >= 0.6 is 0 Å². The van der Waals surface area contributed by atoms with Gasteiger partial charge in [-0.05, 0) is 36.1 Å². The van der Waals surface area contributed by atoms with Crippen LogP contribution in [0.15, 0.2) is 54.9 Å². The molecule has 1 fully saturated rings. The highest BCUT2D eigenvalue weighted by Crippen LogP contribution is 2.24. The summed E-state index contributed by atoms with van der Waals surface area (Å²) in [5.74, 6) is 0. The zero-order chi connectivity index (χ0) is 17.0. The first kappa shape index (κ1) is 17.1. The zero-order valence-electron chi connectivity index (χ0n) is 13.8. The standard InChI is InChI=1S/C18H23N3O2S/c1-24(22,23)21-13-5-8-17(21)14-20-18(15-6-3-2-4-7-15)16-9-11-19-12-10-16/h2-4,6-7,9-12,17-18,20H,5,8,13-14H2,1H3/t17-,18?/m1/s1. The minimum Gasteiger partial charge on any atom is -0.305 e. The molecule has 3 rings (SSSR count). The molecule has 2 heterocycles. The molecule has 1 aromatic heterocycles. The van der Waals surface area contributed by atoms with Crippen molar-refractivity contribution >= 4 is 10.0 Å². The average molecular weight is 345 g/mol. The van der Waals surface area contributed by atoms with Crippen LogP contribution in [0.1, 0.15) is 30.0 Å². The van der Waals surface area contributed by atoms with Gasteiger partial charge in [0.2, 0.25) is 10.0 Å². The summed E-state index contributed by atoms with van der Waals surface area (Å²) in [5.41, 5.74) is 2.28. The van der Waals surface area contributed by atoms with Crippen LogP contribution in [0.3, 0.4) is 0 Å². The van der Waals surface area contributed by atoms with Gasteiger partial charge in [0.05, 0.1) is 12.3 Å². The molecule has 128 valence electrons. The number of sulfonamides is 1. The number of aromatic nitrogens is 1. The van der Waals surface area contributed by atoms with Gasteiger partial charge in [-0.2, -0.15) is 4.31 Å². The number of nitrogens with zero attached hydrogens (tertiary/aromatic N) is 2. The summed E-state index contributed by atoms with van der Waals surface area (Å²) in [6, 6.07) is 14.2. The fraction of sp³-hybridized carbons (Fsp3) is 0.389. The largest absolute Gasteiger partial charge is 0.305 e. The minimum absolute atomic E-state index is 0.0213. The van der Waals surface area contributed by atoms with Crippen molar-refractivity contribution in [2.75, 3.05) is 19.3 Å². The smallest absolute Gasteiger partial charge is 0.211 e. The van der Waals surface area contributed by atoms with E-state index in [1.165, 1.54) is 6.26 Å². The van der Waals surface area contributed by atoms with Crippen molar-refractivity contribution in [3.63, 3.8) is 0 Å². The van der Waals surface area contributed by atoms with Gasteiger partial charge in [-0.3, -0.25) is 4.98 Å². The van der Waals surface area contributed by atoms with Crippen molar-refractivity contribution in [2.45, 2.75) is 24.9 Å². The van der Waals surface area contributed by atoms with Gasteiger partial charge in [-0.15, -0.1) is 0 Å². The molecule has 1 N–H and O–H groups in total. The molecule has 2 atom stereocenters. The lowest BCUT2D eigenvalue weighted by Gasteiger charge is -2.26. The topological polar surface area (TPSA) is 62.3 Å². The SMILES string of the molecule is CS(=O)(=O)N1CCC[C@@H]1CNC(c1ccccc1)c1ccncc1. The van der Waals surface area contributed by atoms with Crippen LogP contribution in [0, 0.1) is 0 Å². The van der Waals surface area contributed by atoms with E-state index in [9.17, 15) is 8.42 Å². The third-order valence-electron chi connectivity index (χ3n) is 4.48. The van der Waals surface area contributed by atoms with Crippen molar-refractivity contribution in [3.8, 4) is 0 Å². The van der Waals surface area contributed by atoms with Crippen molar-refractivity contribution in [3.05, 3.63) is 66.0 Å². The Balaban J connectivity index is 1.78. The van der Waals surface area contributed by atoms with Crippen LogP contribution in [0.25, 0.3) is 0 Å². The Labute approximate surface area is 143 Å². The molecule has 1 aliphatic rings. The maximum Gasteiger partial charge on any atom is 0.211 e. The monoisotopic (exact) mass is 345 g/mol. The van der Waals surface area contributed by atoms with Gasteiger partial charge in [0.25, 0.3) is 0 Å². The van der Waals surface area contributed by atoms with Crippen LogP contribution in [0.5, 0.6) is 0 Å². The maximum atomic E-state index is 11.9. The first-order chi connectivity index (χ1) is 11.6. The molecule has 0 spiro atoms. The quantitative estimate of drug-likeness (QED) is 0.872. The van der Waals surface area contributed by atoms with E-state index in [-0.39, 0.29) is 12.1 Å². The van der Waals surface area contributed by atoms with Gasteiger partial charge in [-0.25, -0.2) is 8.42 Å². The molecule has 0 bridgehead atoms. The Bertz CT molecular complexity index is 711. The average Bonchev–Trinajstić information content (AvgIpc) is 3.06. The summed E-state index contributed by atoms with van der Waals surface area (Å²) in [6.45, 7) is 1.26. The van der Waals surface area contributed by atoms with Crippen LogP contribution in [-0.2, 0) is 10.0 Å². The van der Waals surface area contributed by atoms with E-state index in [1.807, 2.05) is 30.3 Å². The van der Waals surface area contributed by atoms with Crippen molar-refractivity contribution < 1.29 is 8.42 Å². The Morgan fingerprint density at radius 3 is 2.50 bits per heavy atom. The summed E-state index contributed by atoms with van der Waals surface area (Å²) in [4.78, 5) is 4.09. The van der Waals surface area contributed by atoms with E-state index in [2.05, 4.69) is 22.4 Å². The summed E-state index contributed by atoms with van der Waals surface area (Å²) in [7, 11) is -3.15. The molecule has 1 aliphatic heterocycles. The van der Waals surface area contributed by atoms with E-state index in [0.29, 0.717) is 13.1 Å². The molecule has 6 heteroatoms. The molecule has 1 saturated heterocycles. The van der Waals surface area contributed by atoms with Gasteiger partial charge in [0, 0.05) is 31.5 Å². The van der Waals surface area contributed by atoms with Crippen LogP contribution in [0.4, 0.5) is 0 Å². The predicted octanol–water partition coefficient (Wildman–Crippen LogP) is 2.18. The summed E-state index contributed by atoms with van der Waals surface area (Å²) < 4.78 is 25.5. The lowest BCUT2D eigenvalue weighted by Crippen LogP contribution is -2.42. The molecule has 1 unspecified atom stereocenters. The van der Waals surface area contributed by atoms with E-state index < -0.39 is 10.0 Å². The Hall–Kier alpha value is -1.76. The first-order valence-electron chi connectivity index (χ1n) is 8.21. The molecule has 2 aromatic rings. The normalized spacial score (nSPS) is 20.1. The lowest BCUT2D eigenvalue weighted by atomic mass is 9.99. The van der Waals surface area contributed by atoms with Gasteiger partial charge >= 0.3 is 0 Å². The summed E-state index contributed by atoms with van der Waals surface area (Å²) in [5, 5.41) is 3.56. The zero-order valence-corrected chi connectivity index (χ0v) is 14.6. The van der Waals surface area contributed by atoms with Gasteiger partial charge < -0.3 is 5.32 Å². The van der Waals surface area contributed by atoms with E-state index in [4.69, 9.17) is 0 Å². The predicted molar refractivity (Wildman–Crippen MR) is 95.1 cm³/mol. The van der Waals surface area contributed by atoms with Gasteiger partial charge in [0.1, 0.15) is 0 Å². The minimum atomic E-state index is -3.15. The number of pyridine rings is 1. The highest BCUT2D eigenvalue weighted by molar-refractivity contribution is 7.88. The fourth-order valence-corrected chi connectivity index (χ4v) is 4.52. The molecule has 0 amide bonds. The Kier molecular flexibility index (Phi) is 5.28. The Morgan fingerprint density at radius 1 is 1.17 bits per heavy atom. The highest BCUT2D eigenvalue weighted by Gasteiger charge is 2.31. The van der Waals surface area contributed by atoms with Gasteiger partial charge in [0.15, 0.2) is 0 Å². The van der Waals surface area contributed by atoms with Crippen LogP contribution < -0.4 is 5.32 Å². The van der Waals surface area contributed by atoms with E-state index >= 15 is 0 Å². The molecule has 0 aliphatic carbocycles. The molecule has 1 aromatic carbocycles. The van der Waals surface area contributed by atoms with E-state index in [1.54, 1.807) is 16.7 Å². The molecule has 0 saturated carbocycles. The van der Waals surface area contributed by atoms with Crippen LogP contribution in [-0.4, -0.2) is 43.1 Å². The third kappa shape index (κ3) is 4.01. The highest BCUT2D eigenvalue weighted by atomic mass is 32.2. The van der Waals surface area contributed by atoms with E-state index in [0.717, 1.165) is 24.0 Å². The number of rotatable bonds is 6. The number of hydrogen-bond acceptors (Lipinski definition) is 4. The molecule has 0 radical (unpaired) electrons. The second-order valence-corrected chi connectivity index (χ2v) is 8.14. The summed E-state index contributed by atoms with van der Waals surface area (Å²) >= 11 is 0. The number of benzene rings is 1. The second-order valence-electron chi connectivity index (χ2n) is 6.20. The molecule has 24 heavy (non-hydrogen) atoms. The number of hydrogen-bond donors (Lipinski definition) is 1. The van der Waals surface area contributed by atoms with Crippen LogP contribution in [0.2, 0.25) is 0 Å². The lowest BCUT2D eigenvalue weighted by molar-refractivity contribution is 0.367. The van der Waals surface area contributed by atoms with Crippen molar-refractivity contribution in [1.29, 1.82) is 0 Å². The molecular formula is C18H23N3O2S. The molecule has 5 nitrogen and oxygen atoms in total. The number of nitrogens with one attached hydrogen (secondary N) is 1. The maximum absolute atomic E-state index is 11.9. The molecular weight excluding hydrogens is 322 g/mol. The second kappa shape index (κ2) is 7.42. The van der Waals surface area contributed by atoms with Gasteiger partial charge in [-0.1, -0.05) is 30.3 Å². The van der Waals surface area contributed by atoms with Crippen molar-refractivity contribution in [2.24, 2.45) is 0 Å². The van der Waals surface area contributed by atoms with Crippen molar-refractivity contribution in [1.82, 2.24) is 14.6 Å². The third-order valence-corrected chi connectivity index (χ3v) is 5.81. The first-order valence-corrected chi connectivity index (χ1v) is 10.1. The summed E-state index contributed by atoms with van der Waals surface area (Å²) in [6.07, 6.45) is 6.68. The fourth-order valence-electron chi connectivity index (χ4n) is 3.33. The Morgan fingerprint density at radius 2 is 1.83 bits per heavy atom.